The van der Waals surface area contributed by atoms with E-state index >= 15 is 0 Å². The lowest BCUT2D eigenvalue weighted by Crippen LogP contribution is -2.38. The topological polar surface area (TPSA) is 114 Å². The van der Waals surface area contributed by atoms with Crippen molar-refractivity contribution in [3.05, 3.63) is 54.6 Å². The van der Waals surface area contributed by atoms with Crippen molar-refractivity contribution in [3.8, 4) is 0 Å². The predicted octanol–water partition coefficient (Wildman–Crippen LogP) is 2.65. The molecule has 1 fully saturated rings. The highest BCUT2D eigenvalue weighted by Gasteiger charge is 2.25. The van der Waals surface area contributed by atoms with Crippen LogP contribution >= 0.6 is 0 Å². The molecule has 5 rings (SSSR count). The summed E-state index contributed by atoms with van der Waals surface area (Å²) in [4.78, 5) is 22.6. The Bertz CT molecular complexity index is 1260. The Labute approximate surface area is 184 Å². The minimum Gasteiger partial charge on any atom is -0.481 e. The smallest absolute Gasteiger partial charge is 0.308 e. The van der Waals surface area contributed by atoms with Crippen LogP contribution in [0, 0.1) is 5.92 Å². The third kappa shape index (κ3) is 4.11. The van der Waals surface area contributed by atoms with E-state index in [2.05, 4.69) is 36.4 Å². The number of nitrogens with zero attached hydrogens (tertiary/aromatic N) is 7. The first-order valence-electron chi connectivity index (χ1n) is 10.6. The van der Waals surface area contributed by atoms with E-state index in [9.17, 15) is 9.90 Å². The van der Waals surface area contributed by atoms with E-state index in [4.69, 9.17) is 0 Å². The Kier molecular flexibility index (Phi) is 5.18. The molecule has 0 saturated carbocycles. The van der Waals surface area contributed by atoms with Gasteiger partial charge in [-0.2, -0.15) is 15.2 Å². The number of rotatable bonds is 6. The molecule has 0 bridgehead atoms. The molecule has 4 aromatic rings. The number of nitrogens with one attached hydrogen (secondary N) is 1. The lowest BCUT2D eigenvalue weighted by atomic mass is 9.97. The minimum absolute atomic E-state index is 0.315. The van der Waals surface area contributed by atoms with Crippen LogP contribution in [0.15, 0.2) is 49.1 Å². The van der Waals surface area contributed by atoms with E-state index in [1.54, 1.807) is 23.3 Å². The van der Waals surface area contributed by atoms with Crippen molar-refractivity contribution in [3.63, 3.8) is 0 Å². The van der Waals surface area contributed by atoms with Crippen molar-refractivity contribution in [1.29, 1.82) is 0 Å². The highest BCUT2D eigenvalue weighted by Crippen LogP contribution is 2.25. The van der Waals surface area contributed by atoms with Gasteiger partial charge in [0.25, 0.3) is 0 Å². The van der Waals surface area contributed by atoms with Gasteiger partial charge in [-0.15, -0.1) is 0 Å². The molecule has 1 aliphatic rings. The normalized spacial score (nSPS) is 16.4. The number of aromatic nitrogens is 6. The monoisotopic (exact) mass is 432 g/mol. The van der Waals surface area contributed by atoms with Gasteiger partial charge in [-0.3, -0.25) is 9.48 Å². The van der Waals surface area contributed by atoms with Crippen LogP contribution in [0.1, 0.15) is 18.4 Å². The average Bonchev–Trinajstić information content (AvgIpc) is 3.39. The molecule has 1 atom stereocenters. The molecule has 10 heteroatoms. The maximum absolute atomic E-state index is 11.4. The van der Waals surface area contributed by atoms with E-state index in [1.807, 2.05) is 36.1 Å². The first kappa shape index (κ1) is 20.0. The summed E-state index contributed by atoms with van der Waals surface area (Å²) in [5.74, 6) is -0.553. The van der Waals surface area contributed by atoms with Gasteiger partial charge < -0.3 is 15.3 Å². The van der Waals surface area contributed by atoms with Crippen molar-refractivity contribution < 1.29 is 9.90 Å². The van der Waals surface area contributed by atoms with E-state index in [1.165, 1.54) is 0 Å². The molecular formula is C22H24N8O2. The first-order valence-corrected chi connectivity index (χ1v) is 10.6. The number of hydrogen-bond donors (Lipinski definition) is 2. The standard InChI is InChI=1S/C22H24N8O2/c1-28-14-18(11-24-28)26-22-23-9-17-10-25-30(20(17)27-22)12-15-4-2-6-19(8-15)29-7-3-5-16(13-29)21(31)32/h2,4,6,8-11,14,16H,3,5,7,12-13H2,1H3,(H,31,32)(H,23,26,27). The van der Waals surface area contributed by atoms with Gasteiger partial charge in [0.15, 0.2) is 5.65 Å². The van der Waals surface area contributed by atoms with Gasteiger partial charge in [0.1, 0.15) is 0 Å². The molecule has 164 valence electrons. The number of hydrogen-bond acceptors (Lipinski definition) is 7. The van der Waals surface area contributed by atoms with Crippen LogP contribution in [0.3, 0.4) is 0 Å². The molecule has 0 spiro atoms. The van der Waals surface area contributed by atoms with E-state index in [-0.39, 0.29) is 5.92 Å². The van der Waals surface area contributed by atoms with Gasteiger partial charge >= 0.3 is 5.97 Å². The number of aliphatic carboxylic acids is 1. The largest absolute Gasteiger partial charge is 0.481 e. The molecule has 1 saturated heterocycles. The molecule has 0 amide bonds. The van der Waals surface area contributed by atoms with Gasteiger partial charge in [0, 0.05) is 38.2 Å². The van der Waals surface area contributed by atoms with Crippen molar-refractivity contribution in [2.24, 2.45) is 13.0 Å². The molecule has 1 aliphatic heterocycles. The van der Waals surface area contributed by atoms with Crippen LogP contribution in [-0.4, -0.2) is 53.7 Å². The van der Waals surface area contributed by atoms with Gasteiger partial charge in [-0.1, -0.05) is 12.1 Å². The number of carboxylic acid groups (broad SMARTS) is 1. The zero-order chi connectivity index (χ0) is 22.1. The van der Waals surface area contributed by atoms with Crippen LogP contribution in [0.2, 0.25) is 0 Å². The Hall–Kier alpha value is -3.95. The van der Waals surface area contributed by atoms with Crippen LogP contribution in [-0.2, 0) is 18.4 Å². The molecule has 0 aliphatic carbocycles. The summed E-state index contributed by atoms with van der Waals surface area (Å²) in [5.41, 5.74) is 3.66. The van der Waals surface area contributed by atoms with Gasteiger partial charge in [-0.25, -0.2) is 9.67 Å². The minimum atomic E-state index is -0.718. The number of anilines is 3. The fraction of sp³-hybridized carbons (Fsp3) is 0.318. The maximum Gasteiger partial charge on any atom is 0.308 e. The van der Waals surface area contributed by atoms with E-state index in [0.29, 0.717) is 19.0 Å². The van der Waals surface area contributed by atoms with Crippen LogP contribution in [0.5, 0.6) is 0 Å². The Morgan fingerprint density at radius 3 is 2.97 bits per heavy atom. The molecule has 4 heterocycles. The molecular weight excluding hydrogens is 408 g/mol. The SMILES string of the molecule is Cn1cc(Nc2ncc3cnn(Cc4cccc(N5CCCC(C(=O)O)C5)c4)c3n2)cn1. The van der Waals surface area contributed by atoms with Gasteiger partial charge in [0.2, 0.25) is 5.95 Å². The van der Waals surface area contributed by atoms with E-state index in [0.717, 1.165) is 47.4 Å². The van der Waals surface area contributed by atoms with Crippen LogP contribution < -0.4 is 10.2 Å². The van der Waals surface area contributed by atoms with Crippen molar-refractivity contribution in [1.82, 2.24) is 29.5 Å². The fourth-order valence-corrected chi connectivity index (χ4v) is 4.10. The first-order chi connectivity index (χ1) is 15.5. The zero-order valence-corrected chi connectivity index (χ0v) is 17.7. The second-order valence-electron chi connectivity index (χ2n) is 8.10. The summed E-state index contributed by atoms with van der Waals surface area (Å²) in [6.07, 6.45) is 8.70. The third-order valence-electron chi connectivity index (χ3n) is 5.72. The zero-order valence-electron chi connectivity index (χ0n) is 17.7. The molecule has 2 N–H and O–H groups in total. The number of benzene rings is 1. The number of fused-ring (bicyclic) bond motifs is 1. The summed E-state index contributed by atoms with van der Waals surface area (Å²) >= 11 is 0. The number of carbonyl (C=O) groups is 1. The molecule has 32 heavy (non-hydrogen) atoms. The molecule has 0 radical (unpaired) electrons. The average molecular weight is 432 g/mol. The highest BCUT2D eigenvalue weighted by molar-refractivity contribution is 5.75. The number of carboxylic acids is 1. The lowest BCUT2D eigenvalue weighted by molar-refractivity contribution is -0.141. The summed E-state index contributed by atoms with van der Waals surface area (Å²) < 4.78 is 3.56. The molecule has 1 unspecified atom stereocenters. The summed E-state index contributed by atoms with van der Waals surface area (Å²) in [6.45, 7) is 1.96. The lowest BCUT2D eigenvalue weighted by Gasteiger charge is -2.32. The van der Waals surface area contributed by atoms with Crippen molar-refractivity contribution in [2.75, 3.05) is 23.3 Å². The van der Waals surface area contributed by atoms with E-state index < -0.39 is 5.97 Å². The Morgan fingerprint density at radius 2 is 2.16 bits per heavy atom. The Balaban J connectivity index is 1.37. The summed E-state index contributed by atoms with van der Waals surface area (Å²) in [5, 5.41) is 22.1. The molecule has 3 aromatic heterocycles. The number of aryl methyl sites for hydroxylation is 1. The summed E-state index contributed by atoms with van der Waals surface area (Å²) in [6, 6.07) is 8.19. The molecule has 1 aromatic carbocycles. The van der Waals surface area contributed by atoms with Crippen LogP contribution in [0.25, 0.3) is 11.0 Å². The summed E-state index contributed by atoms with van der Waals surface area (Å²) in [7, 11) is 1.85. The Morgan fingerprint density at radius 1 is 1.25 bits per heavy atom. The second-order valence-corrected chi connectivity index (χ2v) is 8.10. The van der Waals surface area contributed by atoms with Crippen LogP contribution in [0.4, 0.5) is 17.3 Å². The fourth-order valence-electron chi connectivity index (χ4n) is 4.10. The second kappa shape index (κ2) is 8.29. The molecule has 10 nitrogen and oxygen atoms in total. The maximum atomic E-state index is 11.4. The number of piperidine rings is 1. The van der Waals surface area contributed by atoms with Gasteiger partial charge in [-0.05, 0) is 30.5 Å². The van der Waals surface area contributed by atoms with Crippen molar-refractivity contribution >= 4 is 34.3 Å². The van der Waals surface area contributed by atoms with Crippen molar-refractivity contribution in [2.45, 2.75) is 19.4 Å². The van der Waals surface area contributed by atoms with Gasteiger partial charge in [0.05, 0.1) is 35.9 Å². The third-order valence-corrected chi connectivity index (χ3v) is 5.72. The predicted molar refractivity (Wildman–Crippen MR) is 120 cm³/mol. The highest BCUT2D eigenvalue weighted by atomic mass is 16.4. The quantitative estimate of drug-likeness (QED) is 0.478.